The van der Waals surface area contributed by atoms with E-state index >= 15 is 0 Å². The predicted molar refractivity (Wildman–Crippen MR) is 98.8 cm³/mol. The fourth-order valence-electron chi connectivity index (χ4n) is 3.71. The molecule has 0 spiro atoms. The quantitative estimate of drug-likeness (QED) is 0.195. The van der Waals surface area contributed by atoms with Crippen LogP contribution in [0, 0.1) is 58.2 Å². The van der Waals surface area contributed by atoms with Crippen molar-refractivity contribution in [3.05, 3.63) is 116 Å². The minimum atomic E-state index is -3.67. The van der Waals surface area contributed by atoms with Crippen molar-refractivity contribution in [2.45, 2.75) is 6.17 Å². The topological polar surface area (TPSA) is 0 Å². The second kappa shape index (κ2) is 9.13. The molecule has 0 nitrogen and oxygen atoms in total. The number of alkyl halides is 1. The Labute approximate surface area is 200 Å². The normalized spacial score (nSPS) is 20.0. The Kier molecular flexibility index (Phi) is 6.52. The molecule has 1 unspecified atom stereocenters. The number of hydrogen-bond donors (Lipinski definition) is 0. The molecule has 2 aliphatic carbocycles. The van der Waals surface area contributed by atoms with Crippen LogP contribution in [0.25, 0.3) is 11.1 Å². The molecule has 0 radical (unpaired) electrons. The molecular weight excluding hydrogens is 561 g/mol. The monoisotopic (exact) mass is 564 g/mol. The van der Waals surface area contributed by atoms with Crippen LogP contribution in [0.15, 0.2) is 46.6 Å². The number of allylic oxidation sites excluding steroid dienone is 10. The van der Waals surface area contributed by atoms with E-state index in [2.05, 4.69) is 0 Å². The van der Waals surface area contributed by atoms with Crippen LogP contribution >= 0.6 is 0 Å². The van der Waals surface area contributed by atoms with Gasteiger partial charge in [0.2, 0.25) is 11.6 Å². The van der Waals surface area contributed by atoms with E-state index in [1.165, 1.54) is 0 Å². The van der Waals surface area contributed by atoms with Gasteiger partial charge in [0, 0.05) is 5.57 Å². The Balaban J connectivity index is 2.17. The standard InChI is InChI=1S/C23H3F15/c24-9-6(10(25)16(31)21(36)15(9)30)3-1-4(7-11(26)17(32)22(37)18(33)12(7)27)5(2-3)8-13(28)19(34)23(38)20(35)14(8)29/h1-2,11H/b7-4-. The molecule has 0 aliphatic heterocycles. The lowest BCUT2D eigenvalue weighted by atomic mass is 9.90. The summed E-state index contributed by atoms with van der Waals surface area (Å²) in [6.45, 7) is 0. The first-order chi connectivity index (χ1) is 17.6. The van der Waals surface area contributed by atoms with E-state index in [-0.39, 0.29) is 12.2 Å². The number of hydrogen-bond acceptors (Lipinski definition) is 0. The Bertz CT molecular complexity index is 1550. The highest BCUT2D eigenvalue weighted by atomic mass is 19.2. The van der Waals surface area contributed by atoms with Gasteiger partial charge in [-0.25, -0.2) is 65.9 Å². The summed E-state index contributed by atoms with van der Waals surface area (Å²) in [5, 5.41) is 0. The minimum absolute atomic E-state index is 0.0169. The van der Waals surface area contributed by atoms with Crippen LogP contribution in [-0.4, -0.2) is 6.17 Å². The van der Waals surface area contributed by atoms with Gasteiger partial charge in [-0.3, -0.25) is 0 Å². The maximum atomic E-state index is 14.6. The fourth-order valence-corrected chi connectivity index (χ4v) is 3.71. The van der Waals surface area contributed by atoms with E-state index in [0.29, 0.717) is 0 Å². The second-order valence-corrected chi connectivity index (χ2v) is 7.53. The van der Waals surface area contributed by atoms with Gasteiger partial charge in [0.15, 0.2) is 76.0 Å². The lowest BCUT2D eigenvalue weighted by Gasteiger charge is -2.20. The Hall–Kier alpha value is -3.91. The highest BCUT2D eigenvalue weighted by Gasteiger charge is 2.41. The highest BCUT2D eigenvalue weighted by Crippen LogP contribution is 2.48. The van der Waals surface area contributed by atoms with Crippen LogP contribution in [0.5, 0.6) is 0 Å². The van der Waals surface area contributed by atoms with E-state index in [0.717, 1.165) is 0 Å². The van der Waals surface area contributed by atoms with Gasteiger partial charge in [0.05, 0.1) is 11.1 Å². The van der Waals surface area contributed by atoms with Crippen molar-refractivity contribution in [1.82, 2.24) is 0 Å². The van der Waals surface area contributed by atoms with Crippen molar-refractivity contribution < 1.29 is 65.9 Å². The van der Waals surface area contributed by atoms with Gasteiger partial charge >= 0.3 is 0 Å². The largest absolute Gasteiger partial charge is 0.234 e. The van der Waals surface area contributed by atoms with Crippen LogP contribution in [-0.2, 0) is 0 Å². The summed E-state index contributed by atoms with van der Waals surface area (Å²) in [6.07, 6.45) is -3.71. The number of halogens is 15. The molecule has 0 bridgehead atoms. The first-order valence-electron chi connectivity index (χ1n) is 9.60. The summed E-state index contributed by atoms with van der Waals surface area (Å²) in [5.74, 6) is -37.3. The number of benzene rings is 2. The molecule has 0 amide bonds. The van der Waals surface area contributed by atoms with E-state index < -0.39 is 121 Å². The molecule has 1 atom stereocenters. The van der Waals surface area contributed by atoms with Crippen LogP contribution in [0.4, 0.5) is 65.9 Å². The maximum Gasteiger partial charge on any atom is 0.200 e. The lowest BCUT2D eigenvalue weighted by Crippen LogP contribution is -2.16. The van der Waals surface area contributed by atoms with Crippen molar-refractivity contribution in [3.8, 4) is 0 Å². The summed E-state index contributed by atoms with van der Waals surface area (Å²) < 4.78 is 210. The van der Waals surface area contributed by atoms with E-state index in [1.54, 1.807) is 0 Å². The zero-order valence-electron chi connectivity index (χ0n) is 17.4. The molecule has 2 aliphatic rings. The van der Waals surface area contributed by atoms with Gasteiger partial charge < -0.3 is 0 Å². The summed E-state index contributed by atoms with van der Waals surface area (Å²) >= 11 is 0. The predicted octanol–water partition coefficient (Wildman–Crippen LogP) is 8.51. The van der Waals surface area contributed by atoms with Gasteiger partial charge in [-0.1, -0.05) is 0 Å². The van der Waals surface area contributed by atoms with Crippen molar-refractivity contribution in [2.24, 2.45) is 0 Å². The first kappa shape index (κ1) is 27.1. The molecule has 0 heterocycles. The molecular formula is C23H3F15. The summed E-state index contributed by atoms with van der Waals surface area (Å²) in [4.78, 5) is 0. The maximum absolute atomic E-state index is 14.6. The van der Waals surface area contributed by atoms with Crippen LogP contribution < -0.4 is 0 Å². The average molecular weight is 564 g/mol. The summed E-state index contributed by atoms with van der Waals surface area (Å²) in [6, 6.07) is 0. The zero-order valence-corrected chi connectivity index (χ0v) is 17.4. The lowest BCUT2D eigenvalue weighted by molar-refractivity contribution is 0.321. The van der Waals surface area contributed by atoms with Crippen LogP contribution in [0.3, 0.4) is 0 Å². The van der Waals surface area contributed by atoms with E-state index in [9.17, 15) is 65.9 Å². The minimum Gasteiger partial charge on any atom is -0.234 e. The van der Waals surface area contributed by atoms with Gasteiger partial charge in [-0.2, -0.15) is 0 Å². The third-order valence-corrected chi connectivity index (χ3v) is 5.47. The molecule has 0 saturated carbocycles. The Morgan fingerprint density at radius 1 is 0.421 bits per heavy atom. The van der Waals surface area contributed by atoms with Crippen LogP contribution in [0.1, 0.15) is 11.1 Å². The molecule has 0 saturated heterocycles. The van der Waals surface area contributed by atoms with Gasteiger partial charge in [0.25, 0.3) is 0 Å². The molecule has 0 aromatic heterocycles. The smallest absolute Gasteiger partial charge is 0.200 e. The van der Waals surface area contributed by atoms with Gasteiger partial charge in [-0.05, 0) is 28.9 Å². The summed E-state index contributed by atoms with van der Waals surface area (Å²) in [7, 11) is 0. The molecule has 2 aromatic rings. The molecule has 15 heteroatoms. The summed E-state index contributed by atoms with van der Waals surface area (Å²) in [5.41, 5.74) is -10.6. The molecule has 200 valence electrons. The first-order valence-corrected chi connectivity index (χ1v) is 9.60. The molecule has 0 N–H and O–H groups in total. The second-order valence-electron chi connectivity index (χ2n) is 7.53. The molecule has 38 heavy (non-hydrogen) atoms. The molecule has 0 fully saturated rings. The van der Waals surface area contributed by atoms with Crippen molar-refractivity contribution >= 4 is 11.1 Å². The third-order valence-electron chi connectivity index (χ3n) is 5.47. The molecule has 2 aromatic carbocycles. The van der Waals surface area contributed by atoms with Gasteiger partial charge in [-0.15, -0.1) is 0 Å². The Morgan fingerprint density at radius 2 is 0.816 bits per heavy atom. The Morgan fingerprint density at radius 3 is 1.26 bits per heavy atom. The fraction of sp³-hybridized carbons (Fsp3) is 0.0435. The number of rotatable bonds is 2. The van der Waals surface area contributed by atoms with Gasteiger partial charge in [0.1, 0.15) is 0 Å². The van der Waals surface area contributed by atoms with Crippen molar-refractivity contribution in [2.75, 3.05) is 0 Å². The van der Waals surface area contributed by atoms with E-state index in [1.807, 2.05) is 0 Å². The average Bonchev–Trinajstić information content (AvgIpc) is 3.30. The van der Waals surface area contributed by atoms with Crippen molar-refractivity contribution in [1.29, 1.82) is 0 Å². The molecule has 4 rings (SSSR count). The zero-order chi connectivity index (χ0) is 28.5. The van der Waals surface area contributed by atoms with Crippen molar-refractivity contribution in [3.63, 3.8) is 0 Å². The highest BCUT2D eigenvalue weighted by molar-refractivity contribution is 6.01. The van der Waals surface area contributed by atoms with Crippen LogP contribution in [0.2, 0.25) is 0 Å². The SMILES string of the molecule is FC1=C(F)/C(=C2/C=C(c3c(F)c(F)c(F)c(F)c3F)C=C2c2c(F)c(F)c(F)c(F)c2F)C(F)C(F)=C1F. The third kappa shape index (κ3) is 3.66. The van der Waals surface area contributed by atoms with E-state index in [4.69, 9.17) is 0 Å².